The van der Waals surface area contributed by atoms with Crippen LogP contribution in [-0.4, -0.2) is 16.5 Å². The predicted molar refractivity (Wildman–Crippen MR) is 73.7 cm³/mol. The molecule has 0 bridgehead atoms. The van der Waals surface area contributed by atoms with E-state index in [0.29, 0.717) is 6.42 Å². The van der Waals surface area contributed by atoms with Crippen molar-refractivity contribution in [2.45, 2.75) is 19.9 Å². The molecule has 0 amide bonds. The summed E-state index contributed by atoms with van der Waals surface area (Å²) >= 11 is 6.11. The van der Waals surface area contributed by atoms with Crippen LogP contribution in [0.25, 0.3) is 0 Å². The van der Waals surface area contributed by atoms with Gasteiger partial charge in [0.15, 0.2) is 0 Å². The lowest BCUT2D eigenvalue weighted by Crippen LogP contribution is -2.12. The largest absolute Gasteiger partial charge is 0.313 e. The zero-order chi connectivity index (χ0) is 12.8. The highest BCUT2D eigenvalue weighted by Gasteiger charge is 2.03. The number of nitrogens with zero attached hydrogens (tertiary/aromatic N) is 2. The third kappa shape index (κ3) is 3.52. The Hall–Kier alpha value is -1.45. The topological polar surface area (TPSA) is 37.8 Å². The Morgan fingerprint density at radius 3 is 2.56 bits per heavy atom. The molecule has 0 aliphatic carbocycles. The Kier molecular flexibility index (Phi) is 4.67. The second-order valence-electron chi connectivity index (χ2n) is 4.06. The van der Waals surface area contributed by atoms with Crippen LogP contribution in [-0.2, 0) is 13.0 Å². The van der Waals surface area contributed by atoms with E-state index in [-0.39, 0.29) is 0 Å². The first-order valence-electron chi connectivity index (χ1n) is 6.03. The SMILES string of the molecule is CCNCc1cnc(Cc2ccccc2Cl)nc1. The Morgan fingerprint density at radius 2 is 1.89 bits per heavy atom. The molecule has 0 spiro atoms. The van der Waals surface area contributed by atoms with Crippen LogP contribution in [0.2, 0.25) is 5.02 Å². The lowest BCUT2D eigenvalue weighted by atomic mass is 10.1. The van der Waals surface area contributed by atoms with Gasteiger partial charge in [0, 0.05) is 35.9 Å². The summed E-state index contributed by atoms with van der Waals surface area (Å²) in [6, 6.07) is 7.78. The van der Waals surface area contributed by atoms with Crippen molar-refractivity contribution in [3.63, 3.8) is 0 Å². The van der Waals surface area contributed by atoms with E-state index in [2.05, 4.69) is 22.2 Å². The molecule has 0 fully saturated rings. The van der Waals surface area contributed by atoms with Crippen LogP contribution in [0.15, 0.2) is 36.7 Å². The van der Waals surface area contributed by atoms with Gasteiger partial charge in [-0.25, -0.2) is 9.97 Å². The van der Waals surface area contributed by atoms with Gasteiger partial charge < -0.3 is 5.32 Å². The molecule has 0 aliphatic rings. The van der Waals surface area contributed by atoms with E-state index in [9.17, 15) is 0 Å². The molecule has 18 heavy (non-hydrogen) atoms. The third-order valence-electron chi connectivity index (χ3n) is 2.64. The van der Waals surface area contributed by atoms with E-state index in [1.165, 1.54) is 0 Å². The van der Waals surface area contributed by atoms with Gasteiger partial charge >= 0.3 is 0 Å². The molecule has 1 aromatic carbocycles. The van der Waals surface area contributed by atoms with Gasteiger partial charge in [0.2, 0.25) is 0 Å². The lowest BCUT2D eigenvalue weighted by Gasteiger charge is -2.04. The molecule has 0 atom stereocenters. The van der Waals surface area contributed by atoms with Crippen LogP contribution in [0.4, 0.5) is 0 Å². The van der Waals surface area contributed by atoms with Gasteiger partial charge in [0.25, 0.3) is 0 Å². The first-order chi connectivity index (χ1) is 8.79. The summed E-state index contributed by atoms with van der Waals surface area (Å²) in [7, 11) is 0. The number of aromatic nitrogens is 2. The van der Waals surface area contributed by atoms with Crippen LogP contribution in [0.3, 0.4) is 0 Å². The molecule has 2 rings (SSSR count). The molecular weight excluding hydrogens is 246 g/mol. The summed E-state index contributed by atoms with van der Waals surface area (Å²) in [6.07, 6.45) is 4.39. The fourth-order valence-corrected chi connectivity index (χ4v) is 1.85. The van der Waals surface area contributed by atoms with Crippen molar-refractivity contribution in [1.29, 1.82) is 0 Å². The van der Waals surface area contributed by atoms with Crippen LogP contribution < -0.4 is 5.32 Å². The first kappa shape index (κ1) is 13.0. The van der Waals surface area contributed by atoms with Crippen molar-refractivity contribution in [2.24, 2.45) is 0 Å². The number of hydrogen-bond acceptors (Lipinski definition) is 3. The lowest BCUT2D eigenvalue weighted by molar-refractivity contribution is 0.718. The molecule has 0 aliphatic heterocycles. The van der Waals surface area contributed by atoms with Crippen LogP contribution in [0, 0.1) is 0 Å². The summed E-state index contributed by atoms with van der Waals surface area (Å²) in [5.41, 5.74) is 2.15. The predicted octanol–water partition coefficient (Wildman–Crippen LogP) is 2.83. The van der Waals surface area contributed by atoms with Gasteiger partial charge in [-0.15, -0.1) is 0 Å². The van der Waals surface area contributed by atoms with E-state index < -0.39 is 0 Å². The van der Waals surface area contributed by atoms with E-state index in [1.807, 2.05) is 36.7 Å². The zero-order valence-electron chi connectivity index (χ0n) is 10.4. The number of benzene rings is 1. The highest BCUT2D eigenvalue weighted by Crippen LogP contribution is 2.17. The standard InChI is InChI=1S/C14H16ClN3/c1-2-16-8-11-9-17-14(18-10-11)7-12-5-3-4-6-13(12)15/h3-6,9-10,16H,2,7-8H2,1H3. The van der Waals surface area contributed by atoms with Crippen LogP contribution in [0.1, 0.15) is 23.9 Å². The van der Waals surface area contributed by atoms with Gasteiger partial charge in [-0.3, -0.25) is 0 Å². The normalized spacial score (nSPS) is 10.6. The highest BCUT2D eigenvalue weighted by atomic mass is 35.5. The Morgan fingerprint density at radius 1 is 1.17 bits per heavy atom. The maximum atomic E-state index is 6.11. The van der Waals surface area contributed by atoms with E-state index in [1.54, 1.807) is 0 Å². The van der Waals surface area contributed by atoms with Crippen molar-refractivity contribution in [3.8, 4) is 0 Å². The second-order valence-corrected chi connectivity index (χ2v) is 4.46. The molecule has 3 nitrogen and oxygen atoms in total. The molecule has 1 aromatic heterocycles. The average Bonchev–Trinajstić information content (AvgIpc) is 2.41. The fourth-order valence-electron chi connectivity index (χ4n) is 1.65. The second kappa shape index (κ2) is 6.47. The zero-order valence-corrected chi connectivity index (χ0v) is 11.1. The van der Waals surface area contributed by atoms with Crippen LogP contribution >= 0.6 is 11.6 Å². The van der Waals surface area contributed by atoms with Crippen molar-refractivity contribution >= 4 is 11.6 Å². The van der Waals surface area contributed by atoms with Crippen molar-refractivity contribution in [1.82, 2.24) is 15.3 Å². The summed E-state index contributed by atoms with van der Waals surface area (Å²) in [4.78, 5) is 8.72. The molecule has 0 radical (unpaired) electrons. The van der Waals surface area contributed by atoms with Gasteiger partial charge in [-0.1, -0.05) is 36.7 Å². The van der Waals surface area contributed by atoms with E-state index in [0.717, 1.165) is 35.1 Å². The molecule has 0 saturated carbocycles. The van der Waals surface area contributed by atoms with Crippen LogP contribution in [0.5, 0.6) is 0 Å². The fraction of sp³-hybridized carbons (Fsp3) is 0.286. The summed E-state index contributed by atoms with van der Waals surface area (Å²) < 4.78 is 0. The van der Waals surface area contributed by atoms with Gasteiger partial charge in [-0.05, 0) is 18.2 Å². The smallest absolute Gasteiger partial charge is 0.132 e. The molecule has 4 heteroatoms. The minimum absolute atomic E-state index is 0.668. The number of rotatable bonds is 5. The maximum absolute atomic E-state index is 6.11. The van der Waals surface area contributed by atoms with Gasteiger partial charge in [0.1, 0.15) is 5.82 Å². The van der Waals surface area contributed by atoms with Crippen molar-refractivity contribution < 1.29 is 0 Å². The minimum atomic E-state index is 0.668. The molecular formula is C14H16ClN3. The molecule has 2 aromatic rings. The Bertz CT molecular complexity index is 497. The molecule has 94 valence electrons. The van der Waals surface area contributed by atoms with E-state index >= 15 is 0 Å². The Labute approximate surface area is 112 Å². The molecule has 0 unspecified atom stereocenters. The summed E-state index contributed by atoms with van der Waals surface area (Å²) in [5, 5.41) is 4.00. The van der Waals surface area contributed by atoms with Gasteiger partial charge in [0.05, 0.1) is 0 Å². The summed E-state index contributed by atoms with van der Waals surface area (Å²) in [6.45, 7) is 3.83. The third-order valence-corrected chi connectivity index (χ3v) is 3.01. The monoisotopic (exact) mass is 261 g/mol. The van der Waals surface area contributed by atoms with Gasteiger partial charge in [-0.2, -0.15) is 0 Å². The quantitative estimate of drug-likeness (QED) is 0.899. The maximum Gasteiger partial charge on any atom is 0.132 e. The first-order valence-corrected chi connectivity index (χ1v) is 6.41. The number of nitrogens with one attached hydrogen (secondary N) is 1. The van der Waals surface area contributed by atoms with Crippen molar-refractivity contribution in [3.05, 3.63) is 58.6 Å². The molecule has 0 saturated heterocycles. The number of halogens is 1. The molecule has 1 heterocycles. The minimum Gasteiger partial charge on any atom is -0.313 e. The Balaban J connectivity index is 2.04. The summed E-state index contributed by atoms with van der Waals surface area (Å²) in [5.74, 6) is 0.795. The number of hydrogen-bond donors (Lipinski definition) is 1. The van der Waals surface area contributed by atoms with Crippen molar-refractivity contribution in [2.75, 3.05) is 6.54 Å². The highest BCUT2D eigenvalue weighted by molar-refractivity contribution is 6.31. The average molecular weight is 262 g/mol. The van der Waals surface area contributed by atoms with E-state index in [4.69, 9.17) is 11.6 Å². The molecule has 1 N–H and O–H groups in total.